The van der Waals surface area contributed by atoms with Gasteiger partial charge in [0.05, 0.1) is 11.0 Å². The second kappa shape index (κ2) is 10.7. The third kappa shape index (κ3) is 5.37. The van der Waals surface area contributed by atoms with Gasteiger partial charge < -0.3 is 14.2 Å². The maximum atomic E-state index is 12.8. The minimum Gasteiger partial charge on any atom is -0.444 e. The van der Waals surface area contributed by atoms with Crippen LogP contribution >= 0.6 is 11.6 Å². The Hall–Kier alpha value is -2.57. The number of halogens is 1. The number of ether oxygens (including phenoxy) is 1. The number of piperidine rings is 2. The Balaban J connectivity index is 1.17. The highest BCUT2D eigenvalue weighted by Gasteiger charge is 2.44. The fourth-order valence-corrected chi connectivity index (χ4v) is 7.93. The summed E-state index contributed by atoms with van der Waals surface area (Å²) in [5.74, 6) is 1.13. The largest absolute Gasteiger partial charge is 0.444 e. The van der Waals surface area contributed by atoms with Crippen LogP contribution in [0.5, 0.6) is 0 Å². The number of imidazole rings is 1. The normalized spacial score (nSPS) is 24.9. The summed E-state index contributed by atoms with van der Waals surface area (Å²) in [5.41, 5.74) is 3.22. The molecule has 40 heavy (non-hydrogen) atoms. The van der Waals surface area contributed by atoms with Crippen molar-refractivity contribution in [2.45, 2.75) is 102 Å². The molecule has 2 bridgehead atoms. The molecule has 214 valence electrons. The van der Waals surface area contributed by atoms with Crippen molar-refractivity contribution >= 4 is 28.7 Å². The Morgan fingerprint density at radius 1 is 1.02 bits per heavy atom. The van der Waals surface area contributed by atoms with Crippen LogP contribution in [0.25, 0.3) is 11.0 Å². The van der Waals surface area contributed by atoms with E-state index >= 15 is 0 Å². The van der Waals surface area contributed by atoms with Gasteiger partial charge in [-0.2, -0.15) is 0 Å². The molecule has 0 N–H and O–H groups in total. The van der Waals surface area contributed by atoms with Crippen molar-refractivity contribution in [3.8, 4) is 0 Å². The second-order valence-corrected chi connectivity index (χ2v) is 13.7. The molecule has 3 aromatic rings. The van der Waals surface area contributed by atoms with Gasteiger partial charge >= 0.3 is 6.09 Å². The first kappa shape index (κ1) is 27.6. The maximum Gasteiger partial charge on any atom is 0.410 e. The number of amides is 1. The molecule has 0 aliphatic carbocycles. The number of carbonyl (C=O) groups excluding carboxylic acids is 1. The predicted molar refractivity (Wildman–Crippen MR) is 161 cm³/mol. The fourth-order valence-electron chi connectivity index (χ4n) is 7.74. The lowest BCUT2D eigenvalue weighted by atomic mass is 9.70. The minimum atomic E-state index is -0.481. The minimum absolute atomic E-state index is 0.0108. The third-order valence-corrected chi connectivity index (χ3v) is 9.89. The monoisotopic (exact) mass is 562 g/mol. The zero-order valence-corrected chi connectivity index (χ0v) is 25.2. The first-order valence-electron chi connectivity index (χ1n) is 15.1. The van der Waals surface area contributed by atoms with Gasteiger partial charge in [0, 0.05) is 36.2 Å². The molecule has 4 heterocycles. The highest BCUT2D eigenvalue weighted by molar-refractivity contribution is 6.30. The Labute approximate surface area is 243 Å². The third-order valence-electron chi connectivity index (χ3n) is 9.65. The van der Waals surface area contributed by atoms with E-state index in [2.05, 4.69) is 58.9 Å². The van der Waals surface area contributed by atoms with Crippen molar-refractivity contribution in [1.29, 1.82) is 0 Å². The number of aryl methyl sites for hydroxylation is 1. The van der Waals surface area contributed by atoms with Crippen LogP contribution in [0, 0.1) is 6.92 Å². The molecule has 1 aromatic heterocycles. The quantitative estimate of drug-likeness (QED) is 0.322. The standard InChI is InChI=1S/C33H43ClN4O2/c1-23-35-29-10-5-6-11-30(29)38(23)28-21-26-12-13-27(22-28)37(26)19-16-33(24-8-7-9-25(34)20-24)14-17-36(18-15-33)31(39)40-32(2,3)4/h5-11,20,26-28H,12-19,21-22H2,1-4H3/t26-,27+,28?. The summed E-state index contributed by atoms with van der Waals surface area (Å²) in [5, 5.41) is 0.787. The zero-order valence-electron chi connectivity index (χ0n) is 24.4. The Kier molecular flexibility index (Phi) is 7.37. The lowest BCUT2D eigenvalue weighted by Gasteiger charge is -2.45. The topological polar surface area (TPSA) is 50.6 Å². The van der Waals surface area contributed by atoms with Crippen LogP contribution < -0.4 is 0 Å². The van der Waals surface area contributed by atoms with Crippen molar-refractivity contribution in [2.75, 3.05) is 19.6 Å². The van der Waals surface area contributed by atoms with E-state index in [4.69, 9.17) is 21.3 Å². The van der Waals surface area contributed by atoms with Gasteiger partial charge in [0.2, 0.25) is 0 Å². The van der Waals surface area contributed by atoms with Crippen molar-refractivity contribution in [3.05, 3.63) is 64.9 Å². The molecule has 3 aliphatic heterocycles. The summed E-state index contributed by atoms with van der Waals surface area (Å²) < 4.78 is 8.20. The molecule has 0 saturated carbocycles. The lowest BCUT2D eigenvalue weighted by Crippen LogP contribution is -2.49. The van der Waals surface area contributed by atoms with Gasteiger partial charge in [-0.1, -0.05) is 35.9 Å². The van der Waals surface area contributed by atoms with E-state index in [1.54, 1.807) is 0 Å². The summed E-state index contributed by atoms with van der Waals surface area (Å²) >= 11 is 6.50. The number of para-hydroxylation sites is 2. The molecule has 3 fully saturated rings. The number of rotatable bonds is 5. The molecule has 2 aromatic carbocycles. The summed E-state index contributed by atoms with van der Waals surface area (Å²) in [6.07, 6.45) is 7.68. The number of fused-ring (bicyclic) bond motifs is 3. The predicted octanol–water partition coefficient (Wildman–Crippen LogP) is 7.53. The van der Waals surface area contributed by atoms with Crippen LogP contribution in [0.1, 0.15) is 83.1 Å². The molecular formula is C33H43ClN4O2. The number of aromatic nitrogens is 2. The van der Waals surface area contributed by atoms with E-state index in [0.29, 0.717) is 31.2 Å². The summed E-state index contributed by atoms with van der Waals surface area (Å²) in [6, 6.07) is 18.7. The number of benzene rings is 2. The van der Waals surface area contributed by atoms with Crippen molar-refractivity contribution < 1.29 is 9.53 Å². The fraction of sp³-hybridized carbons (Fsp3) is 0.576. The molecule has 7 heteroatoms. The summed E-state index contributed by atoms with van der Waals surface area (Å²) in [4.78, 5) is 22.4. The van der Waals surface area contributed by atoms with Gasteiger partial charge in [0.15, 0.2) is 0 Å². The number of likely N-dealkylation sites (tertiary alicyclic amines) is 1. The van der Waals surface area contributed by atoms with Crippen molar-refractivity contribution in [1.82, 2.24) is 19.4 Å². The molecule has 6 nitrogen and oxygen atoms in total. The van der Waals surface area contributed by atoms with E-state index in [-0.39, 0.29) is 11.5 Å². The molecule has 3 saturated heterocycles. The molecular weight excluding hydrogens is 520 g/mol. The van der Waals surface area contributed by atoms with E-state index in [0.717, 1.165) is 42.2 Å². The first-order chi connectivity index (χ1) is 19.1. The van der Waals surface area contributed by atoms with Crippen LogP contribution in [-0.2, 0) is 10.2 Å². The second-order valence-electron chi connectivity index (χ2n) is 13.3. The molecule has 1 unspecified atom stereocenters. The van der Waals surface area contributed by atoms with E-state index < -0.39 is 5.60 Å². The average molecular weight is 563 g/mol. The average Bonchev–Trinajstić information content (AvgIpc) is 3.37. The molecule has 6 rings (SSSR count). The van der Waals surface area contributed by atoms with Crippen LogP contribution in [0.4, 0.5) is 4.79 Å². The van der Waals surface area contributed by atoms with Gasteiger partial charge in [-0.25, -0.2) is 9.78 Å². The van der Waals surface area contributed by atoms with Crippen LogP contribution in [0.3, 0.4) is 0 Å². The molecule has 3 aliphatic rings. The van der Waals surface area contributed by atoms with E-state index in [1.807, 2.05) is 31.7 Å². The number of carbonyl (C=O) groups is 1. The molecule has 0 spiro atoms. The smallest absolute Gasteiger partial charge is 0.410 e. The highest BCUT2D eigenvalue weighted by Crippen LogP contribution is 2.45. The van der Waals surface area contributed by atoms with Gasteiger partial charge in [0.25, 0.3) is 0 Å². The van der Waals surface area contributed by atoms with Gasteiger partial charge in [0.1, 0.15) is 11.4 Å². The van der Waals surface area contributed by atoms with Crippen LogP contribution in [-0.4, -0.2) is 62.8 Å². The van der Waals surface area contributed by atoms with Gasteiger partial charge in [-0.05, 0) is 114 Å². The highest BCUT2D eigenvalue weighted by atomic mass is 35.5. The number of nitrogens with zero attached hydrogens (tertiary/aromatic N) is 4. The number of hydrogen-bond donors (Lipinski definition) is 0. The van der Waals surface area contributed by atoms with E-state index in [1.165, 1.54) is 36.8 Å². The van der Waals surface area contributed by atoms with Crippen molar-refractivity contribution in [3.63, 3.8) is 0 Å². The lowest BCUT2D eigenvalue weighted by molar-refractivity contribution is 0.0144. The molecule has 3 atom stereocenters. The van der Waals surface area contributed by atoms with E-state index in [9.17, 15) is 4.79 Å². The summed E-state index contributed by atoms with van der Waals surface area (Å²) in [6.45, 7) is 10.5. The van der Waals surface area contributed by atoms with Crippen molar-refractivity contribution in [2.24, 2.45) is 0 Å². The van der Waals surface area contributed by atoms with Gasteiger partial charge in [-0.15, -0.1) is 0 Å². The Morgan fingerprint density at radius 2 is 1.73 bits per heavy atom. The van der Waals surface area contributed by atoms with Crippen LogP contribution in [0.2, 0.25) is 5.02 Å². The summed E-state index contributed by atoms with van der Waals surface area (Å²) in [7, 11) is 0. The zero-order chi connectivity index (χ0) is 28.1. The van der Waals surface area contributed by atoms with Gasteiger partial charge in [-0.3, -0.25) is 4.90 Å². The molecule has 0 radical (unpaired) electrons. The number of hydrogen-bond acceptors (Lipinski definition) is 4. The maximum absolute atomic E-state index is 12.8. The Bertz CT molecular complexity index is 1360. The SMILES string of the molecule is Cc1nc2ccccc2n1C1C[C@H]2CC[C@@H](C1)N2CCC1(c2cccc(Cl)c2)CCN(C(=O)OC(C)(C)C)CC1. The first-order valence-corrected chi connectivity index (χ1v) is 15.4. The van der Waals surface area contributed by atoms with Crippen LogP contribution in [0.15, 0.2) is 48.5 Å². The Morgan fingerprint density at radius 3 is 2.40 bits per heavy atom. The molecule has 1 amide bonds.